The zero-order valence-corrected chi connectivity index (χ0v) is 11.7. The highest BCUT2D eigenvalue weighted by atomic mass is 79.9. The molecule has 0 amide bonds. The van der Waals surface area contributed by atoms with Crippen molar-refractivity contribution in [1.29, 1.82) is 0 Å². The van der Waals surface area contributed by atoms with E-state index in [1.165, 1.54) is 0 Å². The molecular weight excluding hydrogens is 376 g/mol. The topological polar surface area (TPSA) is 48.4 Å². The average Bonchev–Trinajstić information content (AvgIpc) is 2.33. The highest BCUT2D eigenvalue weighted by molar-refractivity contribution is 9.08. The van der Waals surface area contributed by atoms with Crippen LogP contribution in [-0.2, 0) is 16.2 Å². The summed E-state index contributed by atoms with van der Waals surface area (Å²) in [7, 11) is 0.804. The van der Waals surface area contributed by atoms with Crippen LogP contribution in [-0.4, -0.2) is 24.4 Å². The second kappa shape index (κ2) is 6.08. The first-order valence-electron chi connectivity index (χ1n) is 5.00. The third kappa shape index (κ3) is 4.22. The van der Waals surface area contributed by atoms with Gasteiger partial charge in [0.1, 0.15) is 11.1 Å². The van der Waals surface area contributed by atoms with Gasteiger partial charge in [-0.05, 0) is 0 Å². The molecule has 0 saturated carbocycles. The molecule has 11 heteroatoms. The van der Waals surface area contributed by atoms with Crippen LogP contribution < -0.4 is 4.74 Å². The summed E-state index contributed by atoms with van der Waals surface area (Å²) in [6, 6.07) is 0. The van der Waals surface area contributed by atoms with Gasteiger partial charge in [0.25, 0.3) is 0 Å². The number of alkyl halides is 7. The maximum atomic E-state index is 12.8. The van der Waals surface area contributed by atoms with Gasteiger partial charge in [0, 0.05) is 11.5 Å². The molecule has 1 aromatic rings. The molecule has 0 aliphatic rings. The number of carbonyl (C=O) groups excluding carboxylic acids is 1. The van der Waals surface area contributed by atoms with E-state index in [4.69, 9.17) is 0 Å². The van der Waals surface area contributed by atoms with Crippen molar-refractivity contribution in [3.8, 4) is 5.75 Å². The maximum absolute atomic E-state index is 12.8. The van der Waals surface area contributed by atoms with Gasteiger partial charge in [-0.1, -0.05) is 15.9 Å². The fourth-order valence-electron chi connectivity index (χ4n) is 1.37. The molecule has 4 nitrogen and oxygen atoms in total. The summed E-state index contributed by atoms with van der Waals surface area (Å²) >= 11 is 2.81. The zero-order chi connectivity index (χ0) is 16.4. The molecule has 0 aliphatic heterocycles. The van der Waals surface area contributed by atoms with Crippen LogP contribution in [0.2, 0.25) is 0 Å². The largest absolute Gasteiger partial charge is 0.573 e. The summed E-state index contributed by atoms with van der Waals surface area (Å²) in [6.45, 7) is 0. The van der Waals surface area contributed by atoms with Crippen LogP contribution in [0.3, 0.4) is 0 Å². The van der Waals surface area contributed by atoms with E-state index >= 15 is 0 Å². The third-order valence-corrected chi connectivity index (χ3v) is 2.68. The number of hydrogen-bond acceptors (Lipinski definition) is 4. The van der Waals surface area contributed by atoms with Crippen LogP contribution in [0.1, 0.15) is 21.6 Å². The van der Waals surface area contributed by atoms with Gasteiger partial charge < -0.3 is 9.47 Å². The summed E-state index contributed by atoms with van der Waals surface area (Å²) in [5.41, 5.74) is -3.25. The molecule has 0 fully saturated rings. The summed E-state index contributed by atoms with van der Waals surface area (Å²) < 4.78 is 82.8. The molecule has 21 heavy (non-hydrogen) atoms. The van der Waals surface area contributed by atoms with Gasteiger partial charge >= 0.3 is 18.5 Å². The Balaban J connectivity index is 3.66. The molecule has 0 saturated heterocycles. The lowest BCUT2D eigenvalue weighted by molar-refractivity contribution is -0.276. The van der Waals surface area contributed by atoms with Crippen molar-refractivity contribution in [1.82, 2.24) is 4.98 Å². The number of ether oxygens (including phenoxy) is 2. The number of esters is 1. The van der Waals surface area contributed by atoms with Gasteiger partial charge in [0.05, 0.1) is 12.8 Å². The van der Waals surface area contributed by atoms with Crippen molar-refractivity contribution in [3.05, 3.63) is 23.0 Å². The van der Waals surface area contributed by atoms with E-state index < -0.39 is 35.4 Å². The molecule has 118 valence electrons. The van der Waals surface area contributed by atoms with Gasteiger partial charge in [0.2, 0.25) is 0 Å². The second-order valence-corrected chi connectivity index (χ2v) is 4.05. The van der Waals surface area contributed by atoms with Gasteiger partial charge in [-0.2, -0.15) is 13.2 Å². The van der Waals surface area contributed by atoms with Crippen molar-refractivity contribution in [2.75, 3.05) is 7.11 Å². The van der Waals surface area contributed by atoms with Crippen molar-refractivity contribution in [3.63, 3.8) is 0 Å². The van der Waals surface area contributed by atoms with Gasteiger partial charge in [0.15, 0.2) is 5.75 Å². The minimum Gasteiger partial charge on any atom is -0.465 e. The Morgan fingerprint density at radius 3 is 2.24 bits per heavy atom. The molecule has 0 radical (unpaired) electrons. The van der Waals surface area contributed by atoms with E-state index in [0.29, 0.717) is 0 Å². The minimum absolute atomic E-state index is 0.157. The van der Waals surface area contributed by atoms with E-state index in [2.05, 4.69) is 30.4 Å². The maximum Gasteiger partial charge on any atom is 0.573 e. The molecule has 1 rings (SSSR count). The van der Waals surface area contributed by atoms with E-state index in [-0.39, 0.29) is 17.2 Å². The van der Waals surface area contributed by atoms with Gasteiger partial charge in [-0.25, -0.2) is 4.79 Å². The molecular formula is C10H6BrF6NO3. The lowest BCUT2D eigenvalue weighted by atomic mass is 10.1. The average molecular weight is 382 g/mol. The van der Waals surface area contributed by atoms with Crippen molar-refractivity contribution < 1.29 is 40.6 Å². The minimum atomic E-state index is -5.42. The van der Waals surface area contributed by atoms with Crippen molar-refractivity contribution >= 4 is 21.9 Å². The smallest absolute Gasteiger partial charge is 0.465 e. The lowest BCUT2D eigenvalue weighted by Gasteiger charge is -2.18. The molecule has 0 bridgehead atoms. The van der Waals surface area contributed by atoms with E-state index in [1.807, 2.05) is 0 Å². The number of nitrogens with zero attached hydrogens (tertiary/aromatic N) is 1. The Morgan fingerprint density at radius 2 is 1.86 bits per heavy atom. The molecule has 0 atom stereocenters. The number of hydrogen-bond donors (Lipinski definition) is 0. The van der Waals surface area contributed by atoms with Crippen LogP contribution >= 0.6 is 15.9 Å². The SMILES string of the molecule is COC(=O)c1c(CBr)ncc(C(F)(F)F)c1OC(F)(F)F. The van der Waals surface area contributed by atoms with Crippen molar-refractivity contribution in [2.24, 2.45) is 0 Å². The predicted molar refractivity (Wildman–Crippen MR) is 59.9 cm³/mol. The molecule has 1 aromatic heterocycles. The monoisotopic (exact) mass is 381 g/mol. The van der Waals surface area contributed by atoms with Gasteiger partial charge in [-0.15, -0.1) is 13.2 Å². The molecule has 0 unspecified atom stereocenters. The molecule has 0 aromatic carbocycles. The van der Waals surface area contributed by atoms with Crippen LogP contribution in [0.4, 0.5) is 26.3 Å². The van der Waals surface area contributed by atoms with Crippen LogP contribution in [0, 0.1) is 0 Å². The Kier molecular flexibility index (Phi) is 5.07. The first-order valence-corrected chi connectivity index (χ1v) is 6.12. The van der Waals surface area contributed by atoms with Crippen molar-refractivity contribution in [2.45, 2.75) is 17.9 Å². The lowest BCUT2D eigenvalue weighted by Crippen LogP contribution is -2.24. The van der Waals surface area contributed by atoms with E-state index in [1.54, 1.807) is 0 Å². The van der Waals surface area contributed by atoms with E-state index in [9.17, 15) is 31.1 Å². The van der Waals surface area contributed by atoms with E-state index in [0.717, 1.165) is 7.11 Å². The molecule has 1 heterocycles. The van der Waals surface area contributed by atoms with Gasteiger partial charge in [-0.3, -0.25) is 4.98 Å². The predicted octanol–water partition coefficient (Wildman–Crippen LogP) is 3.68. The van der Waals surface area contributed by atoms with Crippen LogP contribution in [0.25, 0.3) is 0 Å². The number of pyridine rings is 1. The number of aromatic nitrogens is 1. The second-order valence-electron chi connectivity index (χ2n) is 3.49. The highest BCUT2D eigenvalue weighted by Crippen LogP contribution is 2.41. The highest BCUT2D eigenvalue weighted by Gasteiger charge is 2.43. The number of carbonyl (C=O) groups is 1. The first kappa shape index (κ1) is 17.5. The number of halogens is 7. The summed E-state index contributed by atoms with van der Waals surface area (Å²) in [6.07, 6.45) is -10.5. The van der Waals surface area contributed by atoms with Crippen LogP contribution in [0.15, 0.2) is 6.20 Å². The molecule has 0 aliphatic carbocycles. The zero-order valence-electron chi connectivity index (χ0n) is 10.1. The third-order valence-electron chi connectivity index (χ3n) is 2.15. The Hall–Kier alpha value is -1.52. The summed E-state index contributed by atoms with van der Waals surface area (Å²) in [5.74, 6) is -3.12. The summed E-state index contributed by atoms with van der Waals surface area (Å²) in [5, 5.41) is -0.274. The normalized spacial score (nSPS) is 12.2. The fraction of sp³-hybridized carbons (Fsp3) is 0.400. The fourth-order valence-corrected chi connectivity index (χ4v) is 1.79. The quantitative estimate of drug-likeness (QED) is 0.455. The Morgan fingerprint density at radius 1 is 1.29 bits per heavy atom. The van der Waals surface area contributed by atoms with Crippen LogP contribution in [0.5, 0.6) is 5.75 Å². The Labute approximate surface area is 122 Å². The standard InChI is InChI=1S/C10H6BrF6NO3/c1-20-8(19)6-5(2-11)18-3-4(9(12,13)14)7(6)21-10(15,16)17/h3H,2H2,1H3. The number of methoxy groups -OCH3 is 1. The molecule has 0 spiro atoms. The Bertz CT molecular complexity index is 543. The molecule has 0 N–H and O–H groups in total. The summed E-state index contributed by atoms with van der Waals surface area (Å²) in [4.78, 5) is 14.8. The number of rotatable bonds is 3. The first-order chi connectivity index (χ1) is 9.51.